The Kier molecular flexibility index (Phi) is 5.57. The van der Waals surface area contributed by atoms with Crippen molar-refractivity contribution in [2.45, 2.75) is 12.5 Å². The number of thiophene rings is 1. The normalized spacial score (nSPS) is 13.4. The lowest BCUT2D eigenvalue weighted by molar-refractivity contribution is 0.127. The van der Waals surface area contributed by atoms with Gasteiger partial charge in [0.2, 0.25) is 0 Å². The number of nitrogens with zero attached hydrogens (tertiary/aromatic N) is 4. The first-order chi connectivity index (χ1) is 12.0. The molecule has 0 aliphatic rings. The number of imidazole rings is 1. The third-order valence-electron chi connectivity index (χ3n) is 3.61. The summed E-state index contributed by atoms with van der Waals surface area (Å²) in [4.78, 5) is 30.5. The molecule has 0 amide bonds. The predicted molar refractivity (Wildman–Crippen MR) is 92.2 cm³/mol. The van der Waals surface area contributed by atoms with Crippen LogP contribution in [0.3, 0.4) is 0 Å². The van der Waals surface area contributed by atoms with Gasteiger partial charge in [0.05, 0.1) is 19.0 Å². The highest BCUT2D eigenvalue weighted by Gasteiger charge is 2.18. The Morgan fingerprint density at radius 1 is 1.32 bits per heavy atom. The highest BCUT2D eigenvalue weighted by molar-refractivity contribution is 7.51. The smallest absolute Gasteiger partial charge is 0.350 e. The molecule has 134 valence electrons. The Balaban J connectivity index is 1.80. The van der Waals surface area contributed by atoms with Crippen LogP contribution in [-0.4, -0.2) is 54.0 Å². The molecule has 0 aliphatic carbocycles. The summed E-state index contributed by atoms with van der Waals surface area (Å²) in [5.74, 6) is 0. The van der Waals surface area contributed by atoms with Gasteiger partial charge >= 0.3 is 7.60 Å². The van der Waals surface area contributed by atoms with Crippen LogP contribution in [0.25, 0.3) is 22.4 Å². The summed E-state index contributed by atoms with van der Waals surface area (Å²) in [5, 5.41) is 13.6. The van der Waals surface area contributed by atoms with Crippen molar-refractivity contribution in [2.75, 3.05) is 19.6 Å². The van der Waals surface area contributed by atoms with Gasteiger partial charge in [-0.3, -0.25) is 4.57 Å². The highest BCUT2D eigenvalue weighted by Crippen LogP contribution is 2.34. The van der Waals surface area contributed by atoms with Crippen LogP contribution in [0.1, 0.15) is 12.5 Å². The Labute approximate surface area is 147 Å². The van der Waals surface area contributed by atoms with Gasteiger partial charge in [-0.05, 0) is 17.9 Å². The van der Waals surface area contributed by atoms with Gasteiger partial charge in [0, 0.05) is 17.6 Å². The third-order valence-corrected chi connectivity index (χ3v) is 4.81. The molecule has 25 heavy (non-hydrogen) atoms. The van der Waals surface area contributed by atoms with E-state index in [1.807, 2.05) is 16.8 Å². The number of aliphatic hydroxyl groups excluding tert-OH is 1. The number of fused-ring (bicyclic) bond motifs is 1. The van der Waals surface area contributed by atoms with E-state index < -0.39 is 13.9 Å². The second-order valence-electron chi connectivity index (χ2n) is 5.39. The quantitative estimate of drug-likeness (QED) is 0.395. The summed E-state index contributed by atoms with van der Waals surface area (Å²) in [6.07, 6.45) is 2.76. The molecule has 3 aromatic rings. The molecule has 3 N–H and O–H groups in total. The molecular weight excluding hydrogens is 367 g/mol. The van der Waals surface area contributed by atoms with Crippen molar-refractivity contribution < 1.29 is 24.2 Å². The summed E-state index contributed by atoms with van der Waals surface area (Å²) in [6.45, 7) is -0.0823. The molecule has 0 radical (unpaired) electrons. The van der Waals surface area contributed by atoms with Crippen molar-refractivity contribution in [3.05, 3.63) is 29.5 Å². The molecule has 1 unspecified atom stereocenters. The molecule has 3 rings (SSSR count). The van der Waals surface area contributed by atoms with E-state index in [4.69, 9.17) is 14.5 Å². The van der Waals surface area contributed by atoms with Crippen LogP contribution in [0.15, 0.2) is 29.5 Å². The highest BCUT2D eigenvalue weighted by atomic mass is 32.1. The molecule has 0 saturated carbocycles. The summed E-state index contributed by atoms with van der Waals surface area (Å²) < 4.78 is 17.5. The van der Waals surface area contributed by atoms with Crippen molar-refractivity contribution in [3.8, 4) is 11.3 Å². The largest absolute Gasteiger partial charge is 0.394 e. The summed E-state index contributed by atoms with van der Waals surface area (Å²) >= 11 is 1.56. The Hall–Kier alpha value is -1.68. The van der Waals surface area contributed by atoms with Gasteiger partial charge in [-0.25, -0.2) is 15.0 Å². The number of aromatic nitrogens is 4. The van der Waals surface area contributed by atoms with E-state index in [-0.39, 0.29) is 19.3 Å². The first-order valence-electron chi connectivity index (χ1n) is 7.43. The Morgan fingerprint density at radius 3 is 2.84 bits per heavy atom. The van der Waals surface area contributed by atoms with Gasteiger partial charge in [0.1, 0.15) is 23.9 Å². The number of rotatable bonds is 8. The minimum atomic E-state index is -4.19. The fraction of sp³-hybridized carbons (Fsp3) is 0.357. The van der Waals surface area contributed by atoms with Gasteiger partial charge < -0.3 is 24.2 Å². The topological polar surface area (TPSA) is 131 Å². The van der Waals surface area contributed by atoms with Gasteiger partial charge in [-0.1, -0.05) is 0 Å². The lowest BCUT2D eigenvalue weighted by atomic mass is 10.2. The zero-order chi connectivity index (χ0) is 17.9. The van der Waals surface area contributed by atoms with Crippen LogP contribution in [0.5, 0.6) is 0 Å². The standard InChI is InChI=1S/C14H17N4O5PS/c19-5-11(1-3-23-9-24(20,21)22)18-8-17-13-12(10-2-4-25-6-10)15-7-16-14(13)18/h2,4,6-8,11,19H,1,3,5,9H2,(H2,20,21,22). The first-order valence-corrected chi connectivity index (χ1v) is 10.2. The number of ether oxygens (including phenoxy) is 1. The number of hydrogen-bond donors (Lipinski definition) is 3. The Bertz CT molecular complexity index is 879. The molecule has 9 nitrogen and oxygen atoms in total. The molecule has 0 fully saturated rings. The monoisotopic (exact) mass is 384 g/mol. The van der Waals surface area contributed by atoms with Crippen molar-refractivity contribution >= 4 is 30.1 Å². The van der Waals surface area contributed by atoms with Crippen LogP contribution in [0.4, 0.5) is 0 Å². The maximum atomic E-state index is 10.8. The molecule has 0 bridgehead atoms. The SMILES string of the molecule is O=P(O)(O)COCCC(CO)n1cnc2c(-c3ccsc3)ncnc21. The third kappa shape index (κ3) is 4.30. The average Bonchev–Trinajstić information content (AvgIpc) is 3.23. The van der Waals surface area contributed by atoms with Crippen molar-refractivity contribution in [3.63, 3.8) is 0 Å². The molecule has 1 atom stereocenters. The first kappa shape index (κ1) is 18.1. The van der Waals surface area contributed by atoms with Crippen LogP contribution < -0.4 is 0 Å². The van der Waals surface area contributed by atoms with Crippen molar-refractivity contribution in [2.24, 2.45) is 0 Å². The zero-order valence-corrected chi connectivity index (χ0v) is 14.8. The van der Waals surface area contributed by atoms with E-state index in [1.54, 1.807) is 22.2 Å². The fourth-order valence-electron chi connectivity index (χ4n) is 2.45. The Morgan fingerprint density at radius 2 is 2.16 bits per heavy atom. The molecule has 0 aliphatic heterocycles. The predicted octanol–water partition coefficient (Wildman–Crippen LogP) is 1.63. The molecular formula is C14H17N4O5PS. The van der Waals surface area contributed by atoms with Crippen molar-refractivity contribution in [1.29, 1.82) is 0 Å². The summed E-state index contributed by atoms with van der Waals surface area (Å²) in [7, 11) is -4.19. The average molecular weight is 384 g/mol. The molecule has 11 heteroatoms. The second-order valence-corrected chi connectivity index (χ2v) is 7.75. The molecule has 0 aromatic carbocycles. The maximum Gasteiger partial charge on any atom is 0.350 e. The van der Waals surface area contributed by atoms with E-state index in [2.05, 4.69) is 15.0 Å². The van der Waals surface area contributed by atoms with E-state index >= 15 is 0 Å². The van der Waals surface area contributed by atoms with E-state index in [1.165, 1.54) is 6.33 Å². The summed E-state index contributed by atoms with van der Waals surface area (Å²) in [6, 6.07) is 1.58. The van der Waals surface area contributed by atoms with Crippen LogP contribution in [-0.2, 0) is 9.30 Å². The van der Waals surface area contributed by atoms with Crippen LogP contribution in [0.2, 0.25) is 0 Å². The molecule has 0 saturated heterocycles. The lowest BCUT2D eigenvalue weighted by Crippen LogP contribution is -2.15. The molecule has 0 spiro atoms. The minimum absolute atomic E-state index is 0.0957. The van der Waals surface area contributed by atoms with Crippen molar-refractivity contribution in [1.82, 2.24) is 19.5 Å². The minimum Gasteiger partial charge on any atom is -0.394 e. The lowest BCUT2D eigenvalue weighted by Gasteiger charge is -2.16. The van der Waals surface area contributed by atoms with E-state index in [0.29, 0.717) is 17.6 Å². The van der Waals surface area contributed by atoms with Gasteiger partial charge in [-0.2, -0.15) is 11.3 Å². The second kappa shape index (κ2) is 7.69. The number of hydrogen-bond acceptors (Lipinski definition) is 7. The van der Waals surface area contributed by atoms with Gasteiger partial charge in [0.15, 0.2) is 5.65 Å². The molecule has 3 aromatic heterocycles. The number of aliphatic hydroxyl groups is 1. The van der Waals surface area contributed by atoms with E-state index in [0.717, 1.165) is 11.3 Å². The van der Waals surface area contributed by atoms with Crippen LogP contribution in [0, 0.1) is 0 Å². The van der Waals surface area contributed by atoms with Crippen LogP contribution >= 0.6 is 18.9 Å². The fourth-order valence-corrected chi connectivity index (χ4v) is 3.46. The maximum absolute atomic E-state index is 10.8. The van der Waals surface area contributed by atoms with Gasteiger partial charge in [-0.15, -0.1) is 0 Å². The van der Waals surface area contributed by atoms with E-state index in [9.17, 15) is 9.67 Å². The van der Waals surface area contributed by atoms with Gasteiger partial charge in [0.25, 0.3) is 0 Å². The molecule has 3 heterocycles. The summed E-state index contributed by atoms with van der Waals surface area (Å²) in [5.41, 5.74) is 2.90. The zero-order valence-electron chi connectivity index (χ0n) is 13.1.